The molecule has 0 bridgehead atoms. The molecular formula is C15H23NO4. The van der Waals surface area contributed by atoms with E-state index >= 15 is 0 Å². The van der Waals surface area contributed by atoms with Crippen LogP contribution in [0.2, 0.25) is 0 Å². The Hall–Kier alpha value is -1.59. The Kier molecular flexibility index (Phi) is 7.69. The summed E-state index contributed by atoms with van der Waals surface area (Å²) in [5.74, 6) is 0.562. The number of methoxy groups -OCH3 is 1. The smallest absolute Gasteiger partial charge is 0.332 e. The molecule has 0 amide bonds. The maximum atomic E-state index is 11.1. The normalized spacial score (nSPS) is 10.6. The van der Waals surface area contributed by atoms with E-state index < -0.39 is 0 Å². The van der Waals surface area contributed by atoms with E-state index in [0.29, 0.717) is 13.2 Å². The van der Waals surface area contributed by atoms with Crippen molar-refractivity contribution in [1.82, 2.24) is 4.90 Å². The van der Waals surface area contributed by atoms with Crippen LogP contribution in [-0.2, 0) is 20.8 Å². The van der Waals surface area contributed by atoms with Crippen LogP contribution in [-0.4, -0.2) is 51.4 Å². The first-order chi connectivity index (χ1) is 9.67. The Bertz CT molecular complexity index is 409. The van der Waals surface area contributed by atoms with Gasteiger partial charge >= 0.3 is 5.97 Å². The summed E-state index contributed by atoms with van der Waals surface area (Å²) in [4.78, 5) is 13.2. The Balaban J connectivity index is 2.26. The van der Waals surface area contributed by atoms with Crippen molar-refractivity contribution < 1.29 is 19.0 Å². The zero-order valence-corrected chi connectivity index (χ0v) is 12.4. The second-order valence-corrected chi connectivity index (χ2v) is 4.41. The number of ether oxygens (including phenoxy) is 3. The molecule has 0 radical (unpaired) electrons. The summed E-state index contributed by atoms with van der Waals surface area (Å²) < 4.78 is 15.4. The fourth-order valence-electron chi connectivity index (χ4n) is 1.78. The molecule has 0 N–H and O–H groups in total. The van der Waals surface area contributed by atoms with E-state index in [-0.39, 0.29) is 12.6 Å². The second-order valence-electron chi connectivity index (χ2n) is 4.41. The lowest BCUT2D eigenvalue weighted by molar-refractivity contribution is -0.148. The zero-order chi connectivity index (χ0) is 14.8. The number of benzene rings is 1. The molecule has 0 heterocycles. The highest BCUT2D eigenvalue weighted by atomic mass is 16.6. The highest BCUT2D eigenvalue weighted by Crippen LogP contribution is 2.18. The van der Waals surface area contributed by atoms with E-state index in [1.807, 2.05) is 31.3 Å². The summed E-state index contributed by atoms with van der Waals surface area (Å²) in [6.07, 6.45) is 0. The molecule has 5 heteroatoms. The van der Waals surface area contributed by atoms with Gasteiger partial charge < -0.3 is 14.2 Å². The maximum absolute atomic E-state index is 11.1. The first-order valence-electron chi connectivity index (χ1n) is 6.71. The molecule has 0 aliphatic rings. The van der Waals surface area contributed by atoms with Gasteiger partial charge in [0.15, 0.2) is 0 Å². The van der Waals surface area contributed by atoms with Gasteiger partial charge in [-0.05, 0) is 20.0 Å². The molecule has 5 nitrogen and oxygen atoms in total. The number of carbonyl (C=O) groups excluding carboxylic acids is 1. The average molecular weight is 281 g/mol. The maximum Gasteiger partial charge on any atom is 0.332 e. The molecule has 1 aromatic rings. The van der Waals surface area contributed by atoms with Gasteiger partial charge in [-0.25, -0.2) is 4.79 Å². The van der Waals surface area contributed by atoms with E-state index in [0.717, 1.165) is 24.4 Å². The van der Waals surface area contributed by atoms with Gasteiger partial charge in [-0.2, -0.15) is 0 Å². The predicted octanol–water partition coefficient (Wildman–Crippen LogP) is 1.71. The topological polar surface area (TPSA) is 48.0 Å². The lowest BCUT2D eigenvalue weighted by atomic mass is 10.2. The summed E-state index contributed by atoms with van der Waals surface area (Å²) >= 11 is 0. The quantitative estimate of drug-likeness (QED) is 0.509. The highest BCUT2D eigenvalue weighted by molar-refractivity contribution is 5.70. The lowest BCUT2D eigenvalue weighted by Gasteiger charge is -2.18. The van der Waals surface area contributed by atoms with Crippen LogP contribution < -0.4 is 4.74 Å². The van der Waals surface area contributed by atoms with Crippen LogP contribution in [0, 0.1) is 0 Å². The number of para-hydroxylation sites is 1. The summed E-state index contributed by atoms with van der Waals surface area (Å²) in [6, 6.07) is 7.92. The van der Waals surface area contributed by atoms with E-state index in [2.05, 4.69) is 4.90 Å². The summed E-state index contributed by atoms with van der Waals surface area (Å²) in [5.41, 5.74) is 1.13. The van der Waals surface area contributed by atoms with Crippen LogP contribution in [0.5, 0.6) is 5.75 Å². The second kappa shape index (κ2) is 9.34. The Morgan fingerprint density at radius 1 is 1.30 bits per heavy atom. The number of carbonyl (C=O) groups is 1. The van der Waals surface area contributed by atoms with Crippen LogP contribution in [0.15, 0.2) is 24.3 Å². The molecule has 0 saturated carbocycles. The van der Waals surface area contributed by atoms with E-state index in [1.54, 1.807) is 14.0 Å². The monoisotopic (exact) mass is 281 g/mol. The van der Waals surface area contributed by atoms with Crippen molar-refractivity contribution in [1.29, 1.82) is 0 Å². The number of hydrogen-bond donors (Lipinski definition) is 0. The Morgan fingerprint density at radius 3 is 2.75 bits per heavy atom. The molecule has 1 rings (SSSR count). The van der Waals surface area contributed by atoms with Gasteiger partial charge in [0.1, 0.15) is 12.4 Å². The van der Waals surface area contributed by atoms with Gasteiger partial charge in [-0.1, -0.05) is 18.2 Å². The van der Waals surface area contributed by atoms with Gasteiger partial charge in [0.2, 0.25) is 0 Å². The summed E-state index contributed by atoms with van der Waals surface area (Å²) in [5, 5.41) is 0. The minimum atomic E-state index is -0.320. The van der Waals surface area contributed by atoms with Crippen LogP contribution in [0.4, 0.5) is 0 Å². The van der Waals surface area contributed by atoms with Gasteiger partial charge in [0.25, 0.3) is 0 Å². The third-order valence-corrected chi connectivity index (χ3v) is 2.78. The van der Waals surface area contributed by atoms with Crippen LogP contribution in [0.3, 0.4) is 0 Å². The summed E-state index contributed by atoms with van der Waals surface area (Å²) in [7, 11) is 3.67. The molecule has 0 aliphatic carbocycles. The lowest BCUT2D eigenvalue weighted by Crippen LogP contribution is -2.24. The molecule has 112 valence electrons. The van der Waals surface area contributed by atoms with Crippen molar-refractivity contribution in [3.63, 3.8) is 0 Å². The SMILES string of the molecule is CCOC(=O)COCCN(C)Cc1ccccc1OC. The van der Waals surface area contributed by atoms with Crippen molar-refractivity contribution >= 4 is 5.97 Å². The third-order valence-electron chi connectivity index (χ3n) is 2.78. The van der Waals surface area contributed by atoms with E-state index in [1.165, 1.54) is 0 Å². The van der Waals surface area contributed by atoms with Gasteiger partial charge in [-0.3, -0.25) is 4.90 Å². The minimum absolute atomic E-state index is 0.0103. The zero-order valence-electron chi connectivity index (χ0n) is 12.4. The average Bonchev–Trinajstić information content (AvgIpc) is 2.44. The van der Waals surface area contributed by atoms with Crippen LogP contribution >= 0.6 is 0 Å². The molecule has 0 spiro atoms. The van der Waals surface area contributed by atoms with Crippen molar-refractivity contribution in [2.75, 3.05) is 40.5 Å². The predicted molar refractivity (Wildman–Crippen MR) is 76.8 cm³/mol. The third kappa shape index (κ3) is 6.04. The van der Waals surface area contributed by atoms with Crippen molar-refractivity contribution in [3.8, 4) is 5.75 Å². The van der Waals surface area contributed by atoms with Gasteiger partial charge in [-0.15, -0.1) is 0 Å². The first-order valence-corrected chi connectivity index (χ1v) is 6.71. The van der Waals surface area contributed by atoms with Crippen molar-refractivity contribution in [2.45, 2.75) is 13.5 Å². The Morgan fingerprint density at radius 2 is 2.05 bits per heavy atom. The minimum Gasteiger partial charge on any atom is -0.496 e. The number of esters is 1. The van der Waals surface area contributed by atoms with E-state index in [4.69, 9.17) is 14.2 Å². The molecule has 0 fully saturated rings. The summed E-state index contributed by atoms with van der Waals surface area (Å²) in [6.45, 7) is 4.17. The number of nitrogens with zero attached hydrogens (tertiary/aromatic N) is 1. The van der Waals surface area contributed by atoms with Crippen LogP contribution in [0.1, 0.15) is 12.5 Å². The van der Waals surface area contributed by atoms with Crippen molar-refractivity contribution in [3.05, 3.63) is 29.8 Å². The highest BCUT2D eigenvalue weighted by Gasteiger charge is 2.06. The fraction of sp³-hybridized carbons (Fsp3) is 0.533. The molecule has 0 aromatic heterocycles. The van der Waals surface area contributed by atoms with Crippen molar-refractivity contribution in [2.24, 2.45) is 0 Å². The molecule has 0 aliphatic heterocycles. The first kappa shape index (κ1) is 16.5. The number of likely N-dealkylation sites (N-methyl/N-ethyl adjacent to an activating group) is 1. The van der Waals surface area contributed by atoms with E-state index in [9.17, 15) is 4.79 Å². The van der Waals surface area contributed by atoms with Crippen LogP contribution in [0.25, 0.3) is 0 Å². The molecule has 0 atom stereocenters. The molecule has 1 aromatic carbocycles. The molecule has 20 heavy (non-hydrogen) atoms. The largest absolute Gasteiger partial charge is 0.496 e. The molecular weight excluding hydrogens is 258 g/mol. The number of hydrogen-bond acceptors (Lipinski definition) is 5. The Labute approximate surface area is 120 Å². The molecule has 0 saturated heterocycles. The number of rotatable bonds is 9. The fourth-order valence-corrected chi connectivity index (χ4v) is 1.78. The van der Waals surface area contributed by atoms with Gasteiger partial charge in [0.05, 0.1) is 20.3 Å². The molecule has 0 unspecified atom stereocenters. The standard InChI is InChI=1S/C15H23NO4/c1-4-20-15(17)12-19-10-9-16(2)11-13-7-5-6-8-14(13)18-3/h5-8H,4,9-12H2,1-3H3. The van der Waals surface area contributed by atoms with Gasteiger partial charge in [0, 0.05) is 18.7 Å².